The minimum Gasteiger partial charge on any atom is -0.369 e. The molecule has 0 unspecified atom stereocenters. The Kier molecular flexibility index (Phi) is 4.64. The summed E-state index contributed by atoms with van der Waals surface area (Å²) in [6.45, 7) is 3.22. The lowest BCUT2D eigenvalue weighted by Crippen LogP contribution is -2.46. The first-order chi connectivity index (χ1) is 14.5. The van der Waals surface area contributed by atoms with Gasteiger partial charge in [-0.1, -0.05) is 12.2 Å². The fourth-order valence-electron chi connectivity index (χ4n) is 5.65. The van der Waals surface area contributed by atoms with Crippen LogP contribution >= 0.6 is 0 Å². The minimum atomic E-state index is -0.931. The number of carbonyl (C=O) groups is 3. The van der Waals surface area contributed by atoms with Gasteiger partial charge in [0.2, 0.25) is 17.7 Å². The summed E-state index contributed by atoms with van der Waals surface area (Å²) in [6.07, 6.45) is 8.16. The summed E-state index contributed by atoms with van der Waals surface area (Å²) in [5, 5.41) is 2.68. The van der Waals surface area contributed by atoms with Gasteiger partial charge >= 0.3 is 0 Å². The van der Waals surface area contributed by atoms with Crippen LogP contribution in [-0.4, -0.2) is 41.8 Å². The molecular weight excluding hydrogens is 385 g/mol. The van der Waals surface area contributed by atoms with E-state index in [1.54, 1.807) is 19.1 Å². The van der Waals surface area contributed by atoms with Gasteiger partial charge in [-0.15, -0.1) is 0 Å². The minimum absolute atomic E-state index is 0.105. The van der Waals surface area contributed by atoms with E-state index in [4.69, 9.17) is 0 Å². The third kappa shape index (κ3) is 2.94. The number of rotatable bonds is 4. The highest BCUT2D eigenvalue weighted by atomic mass is 19.1. The van der Waals surface area contributed by atoms with Gasteiger partial charge in [0.1, 0.15) is 11.9 Å². The Balaban J connectivity index is 1.28. The van der Waals surface area contributed by atoms with Gasteiger partial charge < -0.3 is 10.2 Å². The summed E-state index contributed by atoms with van der Waals surface area (Å²) >= 11 is 0. The maximum absolute atomic E-state index is 14.6. The van der Waals surface area contributed by atoms with Gasteiger partial charge in [-0.25, -0.2) is 4.39 Å². The van der Waals surface area contributed by atoms with Crippen molar-refractivity contribution in [1.29, 1.82) is 0 Å². The van der Waals surface area contributed by atoms with Crippen LogP contribution in [0.3, 0.4) is 0 Å². The van der Waals surface area contributed by atoms with Crippen molar-refractivity contribution in [3.63, 3.8) is 0 Å². The Morgan fingerprint density at radius 2 is 1.70 bits per heavy atom. The first kappa shape index (κ1) is 19.3. The van der Waals surface area contributed by atoms with Crippen LogP contribution in [0.15, 0.2) is 30.4 Å². The van der Waals surface area contributed by atoms with E-state index in [1.807, 2.05) is 17.1 Å². The first-order valence-corrected chi connectivity index (χ1v) is 10.9. The Labute approximate surface area is 175 Å². The van der Waals surface area contributed by atoms with Crippen molar-refractivity contribution in [1.82, 2.24) is 4.90 Å². The molecule has 7 heteroatoms. The molecule has 2 aliphatic heterocycles. The summed E-state index contributed by atoms with van der Waals surface area (Å²) in [4.78, 5) is 41.7. The average molecular weight is 411 g/mol. The molecule has 1 aromatic rings. The fourth-order valence-corrected chi connectivity index (χ4v) is 5.65. The van der Waals surface area contributed by atoms with Crippen LogP contribution < -0.4 is 10.2 Å². The molecule has 5 atom stereocenters. The molecule has 6 nitrogen and oxygen atoms in total. The molecule has 4 aliphatic rings. The Hall–Kier alpha value is -2.70. The highest BCUT2D eigenvalue weighted by molar-refractivity contribution is 6.10. The largest absolute Gasteiger partial charge is 0.369 e. The van der Waals surface area contributed by atoms with Crippen LogP contribution in [0.5, 0.6) is 0 Å². The van der Waals surface area contributed by atoms with Gasteiger partial charge in [0.25, 0.3) is 0 Å². The fraction of sp³-hybridized carbons (Fsp3) is 0.522. The van der Waals surface area contributed by atoms with E-state index in [9.17, 15) is 18.8 Å². The average Bonchev–Trinajstić information content (AvgIpc) is 3.42. The van der Waals surface area contributed by atoms with Crippen molar-refractivity contribution in [2.45, 2.75) is 38.6 Å². The summed E-state index contributed by atoms with van der Waals surface area (Å²) in [6, 6.07) is 3.73. The van der Waals surface area contributed by atoms with Crippen LogP contribution in [0.1, 0.15) is 32.6 Å². The van der Waals surface area contributed by atoms with E-state index in [2.05, 4.69) is 5.32 Å². The first-order valence-electron chi connectivity index (χ1n) is 10.9. The molecule has 0 spiro atoms. The quantitative estimate of drug-likeness (QED) is 0.611. The van der Waals surface area contributed by atoms with Gasteiger partial charge in [-0.2, -0.15) is 0 Å². The van der Waals surface area contributed by atoms with Crippen molar-refractivity contribution in [2.75, 3.05) is 23.3 Å². The zero-order valence-electron chi connectivity index (χ0n) is 17.0. The monoisotopic (exact) mass is 411 g/mol. The van der Waals surface area contributed by atoms with E-state index >= 15 is 0 Å². The number of halogens is 1. The number of anilines is 2. The number of hydrogen-bond donors (Lipinski definition) is 1. The molecule has 2 aliphatic carbocycles. The molecule has 158 valence electrons. The second kappa shape index (κ2) is 7.22. The zero-order chi connectivity index (χ0) is 21.0. The smallest absolute Gasteiger partial charge is 0.247 e. The number of hydrogen-bond acceptors (Lipinski definition) is 4. The standard InChI is InChI=1S/C23H26FN3O3/c1-13(27-22(29)19-14-5-6-15(11-14)20(19)23(27)30)21(28)25-16-7-8-18(17(24)12-16)26-9-3-2-4-10-26/h5-8,12-15,19-20H,2-4,9-11H2,1H3,(H,25,28)/t13-,14+,15+,19-,20+/m1/s1. The lowest BCUT2D eigenvalue weighted by Gasteiger charge is -2.29. The van der Waals surface area contributed by atoms with E-state index in [-0.39, 0.29) is 41.3 Å². The number of allylic oxidation sites excluding steroid dienone is 2. The zero-order valence-corrected chi connectivity index (χ0v) is 17.0. The number of nitrogens with zero attached hydrogens (tertiary/aromatic N) is 2. The molecule has 0 aromatic heterocycles. The number of piperidine rings is 1. The van der Waals surface area contributed by atoms with Gasteiger partial charge in [0.15, 0.2) is 0 Å². The topological polar surface area (TPSA) is 69.7 Å². The number of fused-ring (bicyclic) bond motifs is 5. The molecule has 2 saturated heterocycles. The van der Waals surface area contributed by atoms with Crippen LogP contribution in [-0.2, 0) is 14.4 Å². The SMILES string of the molecule is C[C@H](C(=O)Nc1ccc(N2CCCCC2)c(F)c1)N1C(=O)[C@@H]2[C@H](C1=O)[C@H]1C=C[C@H]2C1. The van der Waals surface area contributed by atoms with Crippen LogP contribution in [0.4, 0.5) is 15.8 Å². The lowest BCUT2D eigenvalue weighted by molar-refractivity contribution is -0.146. The van der Waals surface area contributed by atoms with Crippen LogP contribution in [0, 0.1) is 29.5 Å². The molecule has 5 rings (SSSR count). The number of carbonyl (C=O) groups excluding carboxylic acids is 3. The van der Waals surface area contributed by atoms with Crippen molar-refractivity contribution < 1.29 is 18.8 Å². The summed E-state index contributed by atoms with van der Waals surface area (Å²) in [5.74, 6) is -1.82. The number of amides is 3. The molecular formula is C23H26FN3O3. The number of benzene rings is 1. The number of likely N-dealkylation sites (tertiary alicyclic amines) is 1. The van der Waals surface area contributed by atoms with E-state index < -0.39 is 11.9 Å². The van der Waals surface area contributed by atoms with E-state index in [0.29, 0.717) is 11.4 Å². The van der Waals surface area contributed by atoms with E-state index in [0.717, 1.165) is 43.7 Å². The van der Waals surface area contributed by atoms with Gasteiger partial charge in [0.05, 0.1) is 17.5 Å². The van der Waals surface area contributed by atoms with Gasteiger partial charge in [-0.05, 0) is 62.6 Å². The van der Waals surface area contributed by atoms with Crippen molar-refractivity contribution in [3.05, 3.63) is 36.2 Å². The molecule has 3 amide bonds. The van der Waals surface area contributed by atoms with Crippen LogP contribution in [0.25, 0.3) is 0 Å². The normalized spacial score (nSPS) is 30.7. The molecule has 1 N–H and O–H groups in total. The molecule has 3 fully saturated rings. The van der Waals surface area contributed by atoms with Crippen molar-refractivity contribution in [2.24, 2.45) is 23.7 Å². The van der Waals surface area contributed by atoms with E-state index in [1.165, 1.54) is 6.07 Å². The Morgan fingerprint density at radius 1 is 1.07 bits per heavy atom. The Morgan fingerprint density at radius 3 is 2.30 bits per heavy atom. The molecule has 2 heterocycles. The second-order valence-corrected chi connectivity index (χ2v) is 8.93. The number of nitrogens with one attached hydrogen (secondary N) is 1. The summed E-state index contributed by atoms with van der Waals surface area (Å²) in [7, 11) is 0. The second-order valence-electron chi connectivity index (χ2n) is 8.93. The van der Waals surface area contributed by atoms with Crippen LogP contribution in [0.2, 0.25) is 0 Å². The van der Waals surface area contributed by atoms with Crippen molar-refractivity contribution in [3.8, 4) is 0 Å². The third-order valence-electron chi connectivity index (χ3n) is 7.18. The molecule has 1 saturated carbocycles. The maximum Gasteiger partial charge on any atom is 0.247 e. The Bertz CT molecular complexity index is 910. The predicted octanol–water partition coefficient (Wildman–Crippen LogP) is 2.95. The summed E-state index contributed by atoms with van der Waals surface area (Å²) < 4.78 is 14.6. The molecule has 1 aromatic carbocycles. The highest BCUT2D eigenvalue weighted by Gasteiger charge is 2.60. The predicted molar refractivity (Wildman–Crippen MR) is 110 cm³/mol. The molecule has 30 heavy (non-hydrogen) atoms. The molecule has 0 radical (unpaired) electrons. The van der Waals surface area contributed by atoms with Gasteiger partial charge in [0, 0.05) is 18.8 Å². The lowest BCUT2D eigenvalue weighted by atomic mass is 9.85. The maximum atomic E-state index is 14.6. The molecule has 2 bridgehead atoms. The highest BCUT2D eigenvalue weighted by Crippen LogP contribution is 2.52. The number of imide groups is 1. The van der Waals surface area contributed by atoms with Crippen molar-refractivity contribution >= 4 is 29.1 Å². The third-order valence-corrected chi connectivity index (χ3v) is 7.18. The van der Waals surface area contributed by atoms with Gasteiger partial charge in [-0.3, -0.25) is 19.3 Å². The summed E-state index contributed by atoms with van der Waals surface area (Å²) in [5.41, 5.74) is 0.868.